The molecule has 0 heterocycles. The summed E-state index contributed by atoms with van der Waals surface area (Å²) in [5.41, 5.74) is -3.02. The molecule has 27 heavy (non-hydrogen) atoms. The maximum Gasteiger partial charge on any atom is 0.416 e. The van der Waals surface area contributed by atoms with Gasteiger partial charge >= 0.3 is 17.4 Å². The minimum Gasteiger partial charge on any atom is -0.461 e. The van der Waals surface area contributed by atoms with Crippen LogP contribution in [0.3, 0.4) is 0 Å². The van der Waals surface area contributed by atoms with Crippen molar-refractivity contribution in [2.75, 3.05) is 19.4 Å². The van der Waals surface area contributed by atoms with Gasteiger partial charge < -0.3 is 4.74 Å². The van der Waals surface area contributed by atoms with E-state index in [9.17, 15) is 19.1 Å². The van der Waals surface area contributed by atoms with Gasteiger partial charge in [-0.1, -0.05) is 31.2 Å². The molecule has 7 nitrogen and oxygen atoms in total. The van der Waals surface area contributed by atoms with E-state index >= 15 is 8.78 Å². The first-order valence-electron chi connectivity index (χ1n) is 8.55. The zero-order valence-corrected chi connectivity index (χ0v) is 16.1. The van der Waals surface area contributed by atoms with Crippen LogP contribution in [0.1, 0.15) is 31.4 Å². The number of carbonyl (C=O) groups excluding carboxylic acids is 1. The van der Waals surface area contributed by atoms with E-state index in [1.807, 2.05) is 0 Å². The van der Waals surface area contributed by atoms with Crippen molar-refractivity contribution in [2.24, 2.45) is 0 Å². The first-order chi connectivity index (χ1) is 12.7. The van der Waals surface area contributed by atoms with Gasteiger partial charge in [0.25, 0.3) is 0 Å². The number of benzene rings is 1. The van der Waals surface area contributed by atoms with Gasteiger partial charge in [-0.3, -0.25) is 10.1 Å². The number of rotatable bonds is 8. The summed E-state index contributed by atoms with van der Waals surface area (Å²) in [6, 6.07) is 4.24. The SMILES string of the molecule is CCC[S@@](=O)N(C)C1Cc2ccccc2[C@]1([N+](=O)[O-])C(F)(F)C(=O)OCC. The number of ether oxygens (including phenoxy) is 1. The first-order valence-corrected chi connectivity index (χ1v) is 9.82. The zero-order valence-electron chi connectivity index (χ0n) is 15.3. The lowest BCUT2D eigenvalue weighted by atomic mass is 9.82. The molecule has 1 aromatic rings. The Morgan fingerprint density at radius 3 is 2.63 bits per heavy atom. The minimum atomic E-state index is -4.45. The number of fused-ring (bicyclic) bond motifs is 1. The molecule has 2 rings (SSSR count). The fourth-order valence-electron chi connectivity index (χ4n) is 3.55. The molecule has 0 saturated heterocycles. The van der Waals surface area contributed by atoms with E-state index < -0.39 is 39.4 Å². The molecule has 0 saturated carbocycles. The molecular weight excluding hydrogens is 382 g/mol. The molecule has 1 aliphatic rings. The maximum absolute atomic E-state index is 15.3. The minimum absolute atomic E-state index is 0.127. The zero-order chi connectivity index (χ0) is 20.4. The Hall–Kier alpha value is -1.94. The van der Waals surface area contributed by atoms with Crippen LogP contribution in [0, 0.1) is 10.1 Å². The van der Waals surface area contributed by atoms with Crippen LogP contribution < -0.4 is 0 Å². The topological polar surface area (TPSA) is 89.8 Å². The number of alkyl halides is 2. The molecule has 0 amide bonds. The highest BCUT2D eigenvalue weighted by Gasteiger charge is 2.78. The van der Waals surface area contributed by atoms with Crippen LogP contribution in [0.2, 0.25) is 0 Å². The van der Waals surface area contributed by atoms with Crippen LogP contribution in [0.25, 0.3) is 0 Å². The van der Waals surface area contributed by atoms with Crippen molar-refractivity contribution in [1.29, 1.82) is 0 Å². The lowest BCUT2D eigenvalue weighted by Crippen LogP contribution is -2.64. The molecule has 0 N–H and O–H groups in total. The van der Waals surface area contributed by atoms with Gasteiger partial charge in [0.2, 0.25) is 0 Å². The van der Waals surface area contributed by atoms with E-state index in [-0.39, 0.29) is 24.3 Å². The Bertz CT molecular complexity index is 761. The maximum atomic E-state index is 15.3. The van der Waals surface area contributed by atoms with Crippen LogP contribution in [0.4, 0.5) is 8.78 Å². The molecule has 0 aromatic heterocycles. The molecule has 0 bridgehead atoms. The van der Waals surface area contributed by atoms with Gasteiger partial charge in [-0.2, -0.15) is 8.78 Å². The van der Waals surface area contributed by atoms with Gasteiger partial charge in [-0.25, -0.2) is 13.3 Å². The fraction of sp³-hybridized carbons (Fsp3) is 0.588. The van der Waals surface area contributed by atoms with Crippen molar-refractivity contribution in [3.05, 3.63) is 45.5 Å². The van der Waals surface area contributed by atoms with Gasteiger partial charge in [-0.15, -0.1) is 0 Å². The quantitative estimate of drug-likeness (QED) is 0.377. The summed E-state index contributed by atoms with van der Waals surface area (Å²) in [5.74, 6) is -6.24. The van der Waals surface area contributed by atoms with Gasteiger partial charge in [0.15, 0.2) is 0 Å². The fourth-order valence-corrected chi connectivity index (χ4v) is 4.70. The molecule has 150 valence electrons. The van der Waals surface area contributed by atoms with Crippen LogP contribution in [-0.2, 0) is 32.5 Å². The van der Waals surface area contributed by atoms with Gasteiger partial charge in [0.1, 0.15) is 6.04 Å². The summed E-state index contributed by atoms with van der Waals surface area (Å²) in [6.45, 7) is 2.77. The van der Waals surface area contributed by atoms with Crippen molar-refractivity contribution < 1.29 is 27.4 Å². The molecule has 1 aliphatic carbocycles. The molecule has 1 aromatic carbocycles. The number of nitrogens with zero attached hydrogens (tertiary/aromatic N) is 2. The Morgan fingerprint density at radius 1 is 1.44 bits per heavy atom. The Balaban J connectivity index is 2.72. The molecule has 0 fully saturated rings. The van der Waals surface area contributed by atoms with E-state index in [1.54, 1.807) is 13.0 Å². The average Bonchev–Trinajstić information content (AvgIpc) is 2.98. The molecule has 10 heteroatoms. The van der Waals surface area contributed by atoms with Crippen LogP contribution in [0.15, 0.2) is 24.3 Å². The van der Waals surface area contributed by atoms with Gasteiger partial charge in [0, 0.05) is 23.3 Å². The van der Waals surface area contributed by atoms with Gasteiger partial charge in [-0.05, 0) is 25.3 Å². The molecule has 0 aliphatic heterocycles. The standard InChI is InChI=1S/C17H22F2N2O5S/c1-4-10-27(25)20(3)14-11-12-8-6-7-9-13(12)16(14,21(23)24)17(18,19)15(22)26-5-2/h6-9,14H,4-5,10-11H2,1-3H3/t14?,16-,27-/m1/s1. The normalized spacial score (nSPS) is 23.1. The van der Waals surface area contributed by atoms with E-state index in [0.29, 0.717) is 12.0 Å². The Morgan fingerprint density at radius 2 is 2.07 bits per heavy atom. The van der Waals surface area contributed by atoms with Crippen molar-refractivity contribution in [1.82, 2.24) is 4.31 Å². The average molecular weight is 404 g/mol. The third-order valence-electron chi connectivity index (χ3n) is 4.76. The highest BCUT2D eigenvalue weighted by atomic mass is 32.2. The first kappa shape index (κ1) is 21.4. The summed E-state index contributed by atoms with van der Waals surface area (Å²) in [6.07, 6.45) is 0.383. The third kappa shape index (κ3) is 3.25. The second-order valence-corrected chi connectivity index (χ2v) is 7.89. The second kappa shape index (κ2) is 7.97. The number of esters is 1. The van der Waals surface area contributed by atoms with E-state index in [2.05, 4.69) is 4.74 Å². The van der Waals surface area contributed by atoms with Gasteiger partial charge in [0.05, 0.1) is 17.6 Å². The molecule has 1 unspecified atom stereocenters. The molecule has 3 atom stereocenters. The number of hydrogen-bond acceptors (Lipinski definition) is 5. The van der Waals surface area contributed by atoms with Crippen LogP contribution in [0.5, 0.6) is 0 Å². The number of halogens is 2. The molecule has 0 radical (unpaired) electrons. The van der Waals surface area contributed by atoms with E-state index in [4.69, 9.17) is 0 Å². The predicted molar refractivity (Wildman–Crippen MR) is 95.2 cm³/mol. The Labute approximate surface area is 158 Å². The molecular formula is C17H22F2N2O5S. The summed E-state index contributed by atoms with van der Waals surface area (Å²) >= 11 is 0. The monoisotopic (exact) mass is 404 g/mol. The lowest BCUT2D eigenvalue weighted by Gasteiger charge is -2.36. The summed E-state index contributed by atoms with van der Waals surface area (Å²) in [5, 5.41) is 12.1. The summed E-state index contributed by atoms with van der Waals surface area (Å²) < 4.78 is 48.6. The largest absolute Gasteiger partial charge is 0.461 e. The second-order valence-electron chi connectivity index (χ2n) is 6.27. The van der Waals surface area contributed by atoms with Crippen LogP contribution >= 0.6 is 0 Å². The van der Waals surface area contributed by atoms with Crippen LogP contribution in [-0.4, -0.2) is 50.8 Å². The Kier molecular flexibility index (Phi) is 6.31. The van der Waals surface area contributed by atoms with E-state index in [0.717, 1.165) is 4.31 Å². The van der Waals surface area contributed by atoms with Crippen molar-refractivity contribution in [2.45, 2.75) is 44.2 Å². The lowest BCUT2D eigenvalue weighted by molar-refractivity contribution is -0.611. The summed E-state index contributed by atoms with van der Waals surface area (Å²) in [7, 11) is -0.407. The van der Waals surface area contributed by atoms with E-state index in [1.165, 1.54) is 32.2 Å². The predicted octanol–water partition coefficient (Wildman–Crippen LogP) is 2.29. The van der Waals surface area contributed by atoms with Crippen molar-refractivity contribution in [3.8, 4) is 0 Å². The van der Waals surface area contributed by atoms with Crippen molar-refractivity contribution >= 4 is 17.0 Å². The molecule has 0 spiro atoms. The number of hydrogen-bond donors (Lipinski definition) is 0. The van der Waals surface area contributed by atoms with Crippen molar-refractivity contribution in [3.63, 3.8) is 0 Å². The highest BCUT2D eigenvalue weighted by Crippen LogP contribution is 2.52. The summed E-state index contributed by atoms with van der Waals surface area (Å²) in [4.78, 5) is 23.1. The number of carbonyl (C=O) groups is 1. The highest BCUT2D eigenvalue weighted by molar-refractivity contribution is 7.82. The number of nitro groups is 1. The third-order valence-corrected chi connectivity index (χ3v) is 6.42. The number of likely N-dealkylation sites (N-methyl/N-ethyl adjacent to an activating group) is 1. The smallest absolute Gasteiger partial charge is 0.416 e.